The Kier molecular flexibility index (Phi) is 4.28. The van der Waals surface area contributed by atoms with Gasteiger partial charge in [0, 0.05) is 20.1 Å². The van der Waals surface area contributed by atoms with E-state index in [4.69, 9.17) is 0 Å². The molecule has 0 aromatic carbocycles. The molecular weight excluding hydrogens is 226 g/mol. The van der Waals surface area contributed by atoms with Crippen molar-refractivity contribution in [2.24, 2.45) is 5.92 Å². The minimum atomic E-state index is -0.265. The molecule has 0 radical (unpaired) electrons. The van der Waals surface area contributed by atoms with Gasteiger partial charge in [0.25, 0.3) is 0 Å². The number of likely N-dealkylation sites (tertiary alicyclic amines) is 1. The zero-order valence-electron chi connectivity index (χ0n) is 12.0. The number of rotatable bonds is 4. The van der Waals surface area contributed by atoms with Crippen LogP contribution >= 0.6 is 0 Å². The Hall–Kier alpha value is -0.610. The third-order valence-electron chi connectivity index (χ3n) is 4.62. The predicted molar refractivity (Wildman–Crippen MR) is 73.5 cm³/mol. The van der Waals surface area contributed by atoms with Crippen LogP contribution in [0.2, 0.25) is 0 Å². The van der Waals surface area contributed by atoms with Gasteiger partial charge in [-0.1, -0.05) is 6.92 Å². The van der Waals surface area contributed by atoms with E-state index in [2.05, 4.69) is 24.2 Å². The lowest BCUT2D eigenvalue weighted by molar-refractivity contribution is -0.137. The lowest BCUT2D eigenvalue weighted by Gasteiger charge is -2.33. The number of hydrogen-bond acceptors (Lipinski definition) is 3. The van der Waals surface area contributed by atoms with Crippen molar-refractivity contribution in [3.8, 4) is 0 Å². The topological polar surface area (TPSA) is 35.6 Å². The van der Waals surface area contributed by atoms with E-state index in [9.17, 15) is 4.79 Å². The van der Waals surface area contributed by atoms with Crippen molar-refractivity contribution in [1.29, 1.82) is 0 Å². The van der Waals surface area contributed by atoms with Crippen LogP contribution in [0.1, 0.15) is 32.6 Å². The molecule has 0 spiro atoms. The van der Waals surface area contributed by atoms with E-state index in [0.717, 1.165) is 38.9 Å². The van der Waals surface area contributed by atoms with Crippen molar-refractivity contribution in [3.05, 3.63) is 0 Å². The van der Waals surface area contributed by atoms with Gasteiger partial charge < -0.3 is 15.1 Å². The highest BCUT2D eigenvalue weighted by molar-refractivity contribution is 5.86. The average molecular weight is 253 g/mol. The molecule has 2 rings (SSSR count). The van der Waals surface area contributed by atoms with Crippen LogP contribution in [0.15, 0.2) is 0 Å². The van der Waals surface area contributed by atoms with Crippen molar-refractivity contribution in [2.75, 3.05) is 40.3 Å². The number of nitrogens with one attached hydrogen (secondary N) is 1. The summed E-state index contributed by atoms with van der Waals surface area (Å²) in [6, 6.07) is 0. The largest absolute Gasteiger partial charge is 0.344 e. The lowest BCUT2D eigenvalue weighted by Crippen LogP contribution is -2.54. The number of likely N-dealkylation sites (N-methyl/N-ethyl adjacent to an activating group) is 1. The minimum absolute atomic E-state index is 0.265. The van der Waals surface area contributed by atoms with E-state index in [1.54, 1.807) is 0 Å². The molecule has 2 fully saturated rings. The van der Waals surface area contributed by atoms with E-state index >= 15 is 0 Å². The molecule has 2 heterocycles. The number of carbonyl (C=O) groups excluding carboxylic acids is 1. The Morgan fingerprint density at radius 2 is 2.33 bits per heavy atom. The lowest BCUT2D eigenvalue weighted by atomic mass is 9.92. The van der Waals surface area contributed by atoms with Gasteiger partial charge in [-0.05, 0) is 51.7 Å². The molecule has 0 saturated carbocycles. The fraction of sp³-hybridized carbons (Fsp3) is 0.929. The third kappa shape index (κ3) is 2.69. The minimum Gasteiger partial charge on any atom is -0.344 e. The first-order chi connectivity index (χ1) is 8.57. The molecule has 1 N–H and O–H groups in total. The Labute approximate surface area is 111 Å². The maximum Gasteiger partial charge on any atom is 0.242 e. The summed E-state index contributed by atoms with van der Waals surface area (Å²) in [7, 11) is 4.13. The molecule has 2 saturated heterocycles. The Balaban J connectivity index is 1.91. The second-order valence-electron chi connectivity index (χ2n) is 6.07. The summed E-state index contributed by atoms with van der Waals surface area (Å²) in [4.78, 5) is 16.9. The van der Waals surface area contributed by atoms with Gasteiger partial charge in [0.15, 0.2) is 0 Å². The van der Waals surface area contributed by atoms with Gasteiger partial charge in [0.2, 0.25) is 5.91 Å². The molecule has 4 nitrogen and oxygen atoms in total. The highest BCUT2D eigenvalue weighted by Gasteiger charge is 2.41. The molecule has 2 unspecified atom stereocenters. The fourth-order valence-corrected chi connectivity index (χ4v) is 3.45. The van der Waals surface area contributed by atoms with Crippen LogP contribution in [0.4, 0.5) is 0 Å². The number of nitrogens with zero attached hydrogens (tertiary/aromatic N) is 2. The van der Waals surface area contributed by atoms with Crippen LogP contribution in [-0.4, -0.2) is 61.5 Å². The average Bonchev–Trinajstić information content (AvgIpc) is 2.98. The van der Waals surface area contributed by atoms with E-state index in [0.29, 0.717) is 11.8 Å². The standard InChI is InChI=1S/C14H27N3O/c1-4-14(7-5-8-15-14)13(18)17(3)11-12-6-9-16(2)10-12/h12,15H,4-11H2,1-3H3. The molecule has 2 aliphatic heterocycles. The molecule has 4 heteroatoms. The van der Waals surface area contributed by atoms with Crippen LogP contribution in [0, 0.1) is 5.92 Å². The third-order valence-corrected chi connectivity index (χ3v) is 4.62. The molecule has 0 aliphatic carbocycles. The van der Waals surface area contributed by atoms with Crippen molar-refractivity contribution < 1.29 is 4.79 Å². The van der Waals surface area contributed by atoms with Crippen molar-refractivity contribution >= 4 is 5.91 Å². The molecule has 104 valence electrons. The predicted octanol–water partition coefficient (Wildman–Crippen LogP) is 0.929. The summed E-state index contributed by atoms with van der Waals surface area (Å²) >= 11 is 0. The highest BCUT2D eigenvalue weighted by atomic mass is 16.2. The van der Waals surface area contributed by atoms with Gasteiger partial charge in [-0.15, -0.1) is 0 Å². The van der Waals surface area contributed by atoms with Gasteiger partial charge in [0.05, 0.1) is 5.54 Å². The van der Waals surface area contributed by atoms with Crippen LogP contribution in [-0.2, 0) is 4.79 Å². The monoisotopic (exact) mass is 253 g/mol. The van der Waals surface area contributed by atoms with Gasteiger partial charge in [-0.3, -0.25) is 4.79 Å². The van der Waals surface area contributed by atoms with Crippen LogP contribution < -0.4 is 5.32 Å². The molecule has 2 aliphatic rings. The zero-order valence-corrected chi connectivity index (χ0v) is 12.0. The van der Waals surface area contributed by atoms with Gasteiger partial charge in [-0.2, -0.15) is 0 Å². The second kappa shape index (κ2) is 5.57. The Morgan fingerprint density at radius 1 is 1.56 bits per heavy atom. The molecule has 2 atom stereocenters. The van der Waals surface area contributed by atoms with Gasteiger partial charge in [0.1, 0.15) is 0 Å². The smallest absolute Gasteiger partial charge is 0.242 e. The molecule has 1 amide bonds. The summed E-state index contributed by atoms with van der Waals surface area (Å²) in [6.07, 6.45) is 4.25. The summed E-state index contributed by atoms with van der Waals surface area (Å²) in [6.45, 7) is 6.31. The maximum atomic E-state index is 12.6. The van der Waals surface area contributed by atoms with E-state index in [1.165, 1.54) is 13.0 Å². The van der Waals surface area contributed by atoms with Gasteiger partial charge >= 0.3 is 0 Å². The van der Waals surface area contributed by atoms with Crippen LogP contribution in [0.3, 0.4) is 0 Å². The molecule has 18 heavy (non-hydrogen) atoms. The highest BCUT2D eigenvalue weighted by Crippen LogP contribution is 2.26. The van der Waals surface area contributed by atoms with Crippen molar-refractivity contribution in [1.82, 2.24) is 15.1 Å². The van der Waals surface area contributed by atoms with Crippen LogP contribution in [0.5, 0.6) is 0 Å². The molecular formula is C14H27N3O. The first kappa shape index (κ1) is 13.8. The van der Waals surface area contributed by atoms with Crippen molar-refractivity contribution in [3.63, 3.8) is 0 Å². The quantitative estimate of drug-likeness (QED) is 0.809. The van der Waals surface area contributed by atoms with E-state index in [1.807, 2.05) is 11.9 Å². The fourth-order valence-electron chi connectivity index (χ4n) is 3.45. The molecule has 0 aromatic rings. The van der Waals surface area contributed by atoms with Crippen LogP contribution in [0.25, 0.3) is 0 Å². The maximum absolute atomic E-state index is 12.6. The number of amides is 1. The summed E-state index contributed by atoms with van der Waals surface area (Å²) < 4.78 is 0. The SMILES string of the molecule is CCC1(C(=O)N(C)CC2CCN(C)C2)CCCN1. The van der Waals surface area contributed by atoms with E-state index < -0.39 is 0 Å². The zero-order chi connectivity index (χ0) is 13.2. The first-order valence-electron chi connectivity index (χ1n) is 7.26. The molecule has 0 aromatic heterocycles. The molecule has 0 bridgehead atoms. The number of carbonyl (C=O) groups is 1. The van der Waals surface area contributed by atoms with Crippen molar-refractivity contribution in [2.45, 2.75) is 38.1 Å². The summed E-state index contributed by atoms with van der Waals surface area (Å²) in [5.41, 5.74) is -0.265. The summed E-state index contributed by atoms with van der Waals surface area (Å²) in [5, 5.41) is 3.43. The second-order valence-corrected chi connectivity index (χ2v) is 6.07. The Morgan fingerprint density at radius 3 is 2.83 bits per heavy atom. The Bertz CT molecular complexity index is 299. The number of hydrogen-bond donors (Lipinski definition) is 1. The summed E-state index contributed by atoms with van der Waals surface area (Å²) in [5.74, 6) is 0.955. The first-order valence-corrected chi connectivity index (χ1v) is 7.26. The van der Waals surface area contributed by atoms with Gasteiger partial charge in [-0.25, -0.2) is 0 Å². The van der Waals surface area contributed by atoms with E-state index in [-0.39, 0.29) is 5.54 Å². The normalized spacial score (nSPS) is 32.9.